The summed E-state index contributed by atoms with van der Waals surface area (Å²) < 4.78 is 19.9. The van der Waals surface area contributed by atoms with E-state index in [-0.39, 0.29) is 17.8 Å². The van der Waals surface area contributed by atoms with Crippen molar-refractivity contribution in [2.45, 2.75) is 39.2 Å². The second-order valence-electron chi connectivity index (χ2n) is 8.07. The predicted molar refractivity (Wildman–Crippen MR) is 126 cm³/mol. The highest BCUT2D eigenvalue weighted by Gasteiger charge is 2.19. The van der Waals surface area contributed by atoms with Crippen LogP contribution in [0.1, 0.15) is 30.0 Å². The van der Waals surface area contributed by atoms with Gasteiger partial charge in [-0.3, -0.25) is 4.79 Å². The number of hydrogen-bond donors (Lipinski definition) is 2. The van der Waals surface area contributed by atoms with Crippen molar-refractivity contribution in [3.8, 4) is 0 Å². The lowest BCUT2D eigenvalue weighted by Gasteiger charge is -2.23. The number of benzene rings is 2. The van der Waals surface area contributed by atoms with Gasteiger partial charge in [0.15, 0.2) is 0 Å². The Morgan fingerprint density at radius 2 is 2.09 bits per heavy atom. The van der Waals surface area contributed by atoms with Gasteiger partial charge in [0, 0.05) is 40.7 Å². The number of carbonyl (C=O) groups is 1. The molecule has 166 valence electrons. The van der Waals surface area contributed by atoms with Crippen LogP contribution in [0.25, 0.3) is 10.9 Å². The lowest BCUT2D eigenvalue weighted by atomic mass is 10.0. The Labute approximate surface area is 192 Å². The number of aromatic amines is 1. The van der Waals surface area contributed by atoms with Gasteiger partial charge < -0.3 is 15.0 Å². The molecule has 0 fully saturated rings. The molecular formula is C26H26ClFN2O2. The van der Waals surface area contributed by atoms with Gasteiger partial charge >= 0.3 is 0 Å². The van der Waals surface area contributed by atoms with Gasteiger partial charge in [-0.25, -0.2) is 4.39 Å². The SMILES string of the molecule is CCC1C=C(C(=O)NCCc2c[nH]c3ccc(Cl)cc23)C=C(Cc2ccc(C)c(F)c2)O1. The minimum Gasteiger partial charge on any atom is -0.490 e. The van der Waals surface area contributed by atoms with Crippen LogP contribution >= 0.6 is 11.6 Å². The van der Waals surface area contributed by atoms with E-state index in [0.717, 1.165) is 28.5 Å². The van der Waals surface area contributed by atoms with E-state index in [1.807, 2.05) is 43.5 Å². The predicted octanol–water partition coefficient (Wildman–Crippen LogP) is 5.79. The van der Waals surface area contributed by atoms with E-state index in [1.54, 1.807) is 19.1 Å². The number of carbonyl (C=O) groups excluding carboxylic acids is 1. The molecule has 0 saturated carbocycles. The molecule has 1 aromatic heterocycles. The number of aryl methyl sites for hydroxylation is 1. The summed E-state index contributed by atoms with van der Waals surface area (Å²) >= 11 is 6.12. The first-order valence-corrected chi connectivity index (χ1v) is 11.2. The molecule has 1 amide bonds. The number of aromatic nitrogens is 1. The number of halogens is 2. The quantitative estimate of drug-likeness (QED) is 0.476. The van der Waals surface area contributed by atoms with Crippen LogP contribution in [0.15, 0.2) is 66.1 Å². The Morgan fingerprint density at radius 3 is 2.88 bits per heavy atom. The van der Waals surface area contributed by atoms with Gasteiger partial charge in [0.1, 0.15) is 17.7 Å². The Morgan fingerprint density at radius 1 is 1.25 bits per heavy atom. The molecule has 0 bridgehead atoms. The average molecular weight is 453 g/mol. The Bertz CT molecular complexity index is 1210. The van der Waals surface area contributed by atoms with Crippen LogP contribution in [0.4, 0.5) is 4.39 Å². The highest BCUT2D eigenvalue weighted by Crippen LogP contribution is 2.24. The molecule has 1 aliphatic heterocycles. The molecule has 0 saturated heterocycles. The minimum atomic E-state index is -0.238. The lowest BCUT2D eigenvalue weighted by Crippen LogP contribution is -2.29. The number of rotatable bonds is 7. The third-order valence-corrected chi connectivity index (χ3v) is 5.91. The van der Waals surface area contributed by atoms with Crippen molar-refractivity contribution in [3.05, 3.63) is 93.6 Å². The van der Waals surface area contributed by atoms with E-state index in [0.29, 0.717) is 41.3 Å². The largest absolute Gasteiger partial charge is 0.490 e. The highest BCUT2D eigenvalue weighted by atomic mass is 35.5. The molecule has 0 spiro atoms. The van der Waals surface area contributed by atoms with Gasteiger partial charge in [0.2, 0.25) is 0 Å². The maximum absolute atomic E-state index is 13.9. The second kappa shape index (κ2) is 9.61. The summed E-state index contributed by atoms with van der Waals surface area (Å²) in [5, 5.41) is 4.75. The van der Waals surface area contributed by atoms with E-state index < -0.39 is 0 Å². The topological polar surface area (TPSA) is 54.1 Å². The van der Waals surface area contributed by atoms with Crippen molar-refractivity contribution in [2.24, 2.45) is 0 Å². The van der Waals surface area contributed by atoms with Crippen LogP contribution in [0.5, 0.6) is 0 Å². The molecule has 2 aromatic carbocycles. The molecule has 1 unspecified atom stereocenters. The molecule has 3 aromatic rings. The van der Waals surface area contributed by atoms with Gasteiger partial charge in [-0.1, -0.05) is 30.7 Å². The molecule has 6 heteroatoms. The van der Waals surface area contributed by atoms with E-state index in [1.165, 1.54) is 6.07 Å². The Balaban J connectivity index is 1.42. The van der Waals surface area contributed by atoms with E-state index in [9.17, 15) is 9.18 Å². The van der Waals surface area contributed by atoms with Crippen LogP contribution in [-0.2, 0) is 22.4 Å². The Hall–Kier alpha value is -3.05. The van der Waals surface area contributed by atoms with Gasteiger partial charge in [0.05, 0.1) is 0 Å². The zero-order chi connectivity index (χ0) is 22.7. The summed E-state index contributed by atoms with van der Waals surface area (Å²) in [5.41, 5.74) is 4.12. The van der Waals surface area contributed by atoms with Gasteiger partial charge in [0.25, 0.3) is 5.91 Å². The molecule has 2 N–H and O–H groups in total. The fourth-order valence-corrected chi connectivity index (χ4v) is 4.01. The van der Waals surface area contributed by atoms with Crippen molar-refractivity contribution >= 4 is 28.4 Å². The standard InChI is InChI=1S/C26H26ClFN2O2/c1-3-21-12-19(13-22(32-21)10-17-5-4-16(2)24(28)11-17)26(31)29-9-8-18-15-30-25-7-6-20(27)14-23(18)25/h4-7,11-15,21,30H,3,8-10H2,1-2H3,(H,29,31). The number of allylic oxidation sites excluding steroid dienone is 1. The summed E-state index contributed by atoms with van der Waals surface area (Å²) in [4.78, 5) is 16.1. The zero-order valence-corrected chi connectivity index (χ0v) is 18.9. The summed E-state index contributed by atoms with van der Waals surface area (Å²) in [6.45, 7) is 4.24. The number of fused-ring (bicyclic) bond motifs is 1. The third kappa shape index (κ3) is 5.05. The van der Waals surface area contributed by atoms with Crippen molar-refractivity contribution in [2.75, 3.05) is 6.54 Å². The fraction of sp³-hybridized carbons (Fsp3) is 0.269. The molecule has 0 radical (unpaired) electrons. The van der Waals surface area contributed by atoms with Crippen LogP contribution < -0.4 is 5.32 Å². The first kappa shape index (κ1) is 22.2. The Kier molecular flexibility index (Phi) is 6.66. The van der Waals surface area contributed by atoms with Gasteiger partial charge in [-0.2, -0.15) is 0 Å². The van der Waals surface area contributed by atoms with Crippen LogP contribution in [0.2, 0.25) is 5.02 Å². The zero-order valence-electron chi connectivity index (χ0n) is 18.2. The normalized spacial score (nSPS) is 15.8. The van der Waals surface area contributed by atoms with Crippen molar-refractivity contribution in [1.82, 2.24) is 10.3 Å². The molecule has 1 aliphatic rings. The van der Waals surface area contributed by atoms with Crippen LogP contribution in [-0.4, -0.2) is 23.5 Å². The second-order valence-corrected chi connectivity index (χ2v) is 8.50. The monoisotopic (exact) mass is 452 g/mol. The molecule has 2 heterocycles. The molecular weight excluding hydrogens is 427 g/mol. The summed E-state index contributed by atoms with van der Waals surface area (Å²) in [7, 11) is 0. The molecule has 1 atom stereocenters. The van der Waals surface area contributed by atoms with E-state index in [4.69, 9.17) is 16.3 Å². The number of amides is 1. The summed E-state index contributed by atoms with van der Waals surface area (Å²) in [5.74, 6) is 0.286. The lowest BCUT2D eigenvalue weighted by molar-refractivity contribution is -0.117. The summed E-state index contributed by atoms with van der Waals surface area (Å²) in [6.07, 6.45) is 7.24. The third-order valence-electron chi connectivity index (χ3n) is 5.67. The van der Waals surface area contributed by atoms with E-state index in [2.05, 4.69) is 10.3 Å². The summed E-state index contributed by atoms with van der Waals surface area (Å²) in [6, 6.07) is 10.9. The van der Waals surface area contributed by atoms with Crippen LogP contribution in [0.3, 0.4) is 0 Å². The average Bonchev–Trinajstić information content (AvgIpc) is 3.18. The number of nitrogens with one attached hydrogen (secondary N) is 2. The molecule has 4 nitrogen and oxygen atoms in total. The molecule has 0 aliphatic carbocycles. The van der Waals surface area contributed by atoms with Crippen molar-refractivity contribution in [3.63, 3.8) is 0 Å². The first-order valence-electron chi connectivity index (χ1n) is 10.8. The number of hydrogen-bond acceptors (Lipinski definition) is 2. The highest BCUT2D eigenvalue weighted by molar-refractivity contribution is 6.31. The number of H-pyrrole nitrogens is 1. The van der Waals surface area contributed by atoms with Crippen molar-refractivity contribution < 1.29 is 13.9 Å². The maximum Gasteiger partial charge on any atom is 0.251 e. The van der Waals surface area contributed by atoms with Crippen molar-refractivity contribution in [1.29, 1.82) is 0 Å². The van der Waals surface area contributed by atoms with Gasteiger partial charge in [-0.05, 0) is 72.9 Å². The van der Waals surface area contributed by atoms with E-state index >= 15 is 0 Å². The smallest absolute Gasteiger partial charge is 0.251 e. The minimum absolute atomic E-state index is 0.141. The van der Waals surface area contributed by atoms with Crippen LogP contribution in [0, 0.1) is 12.7 Å². The number of ether oxygens (including phenoxy) is 1. The molecule has 4 rings (SSSR count). The fourth-order valence-electron chi connectivity index (χ4n) is 3.84. The first-order chi connectivity index (χ1) is 15.4. The maximum atomic E-state index is 13.9. The van der Waals surface area contributed by atoms with Gasteiger partial charge in [-0.15, -0.1) is 0 Å². The molecule has 32 heavy (non-hydrogen) atoms.